The molecule has 3 heterocycles. The first-order valence-corrected chi connectivity index (χ1v) is 9.17. The van der Waals surface area contributed by atoms with Gasteiger partial charge in [-0.15, -0.1) is 0 Å². The van der Waals surface area contributed by atoms with Gasteiger partial charge in [-0.1, -0.05) is 29.4 Å². The Labute approximate surface area is 165 Å². The van der Waals surface area contributed by atoms with Crippen LogP contribution in [0.3, 0.4) is 0 Å². The summed E-state index contributed by atoms with van der Waals surface area (Å²) in [7, 11) is 0. The Morgan fingerprint density at radius 2 is 1.93 bits per heavy atom. The highest BCUT2D eigenvalue weighted by molar-refractivity contribution is 5.82. The Morgan fingerprint density at radius 3 is 2.76 bits per heavy atom. The fourth-order valence-electron chi connectivity index (χ4n) is 3.37. The standard InChI is InChI=1S/C22H17N5O2/c1-13-6-7-15-9-17(12-23-19(15)8-13)21-25-20(26-29-21)16-4-3-5-18(10-16)27-14(2)11-24-22(27)28/h3-12H,1-2H3,(H,24,28). The van der Waals surface area contributed by atoms with Crippen LogP contribution in [0.15, 0.2) is 70.2 Å². The number of hydrogen-bond acceptors (Lipinski definition) is 5. The molecule has 142 valence electrons. The predicted molar refractivity (Wildman–Crippen MR) is 110 cm³/mol. The Morgan fingerprint density at radius 1 is 1.03 bits per heavy atom. The van der Waals surface area contributed by atoms with Crippen LogP contribution < -0.4 is 5.69 Å². The number of benzene rings is 2. The SMILES string of the molecule is Cc1ccc2cc(-c3nc(-c4cccc(-n5c(C)c[nH]c5=O)c4)no3)cnc2c1. The first-order chi connectivity index (χ1) is 14.1. The molecule has 0 aliphatic heterocycles. The molecule has 0 unspecified atom stereocenters. The van der Waals surface area contributed by atoms with Crippen LogP contribution in [0, 0.1) is 13.8 Å². The number of H-pyrrole nitrogens is 1. The second-order valence-electron chi connectivity index (χ2n) is 6.96. The zero-order valence-electron chi connectivity index (χ0n) is 15.9. The molecule has 0 atom stereocenters. The van der Waals surface area contributed by atoms with Gasteiger partial charge in [-0.3, -0.25) is 9.55 Å². The third kappa shape index (κ3) is 3.02. The fraction of sp³-hybridized carbons (Fsp3) is 0.0909. The van der Waals surface area contributed by atoms with Crippen molar-refractivity contribution in [1.82, 2.24) is 24.7 Å². The van der Waals surface area contributed by atoms with Gasteiger partial charge in [-0.05, 0) is 43.7 Å². The van der Waals surface area contributed by atoms with Gasteiger partial charge in [0.2, 0.25) is 5.82 Å². The van der Waals surface area contributed by atoms with Crippen molar-refractivity contribution in [3.8, 4) is 28.5 Å². The molecular weight excluding hydrogens is 366 g/mol. The van der Waals surface area contributed by atoms with E-state index in [2.05, 4.69) is 20.1 Å². The normalized spacial score (nSPS) is 11.2. The lowest BCUT2D eigenvalue weighted by atomic mass is 10.1. The lowest BCUT2D eigenvalue weighted by Crippen LogP contribution is -2.15. The van der Waals surface area contributed by atoms with Crippen molar-refractivity contribution in [2.24, 2.45) is 0 Å². The van der Waals surface area contributed by atoms with Crippen molar-refractivity contribution in [2.45, 2.75) is 13.8 Å². The molecule has 0 aliphatic carbocycles. The van der Waals surface area contributed by atoms with E-state index in [1.54, 1.807) is 17.0 Å². The molecule has 7 nitrogen and oxygen atoms in total. The number of rotatable bonds is 3. The fourth-order valence-corrected chi connectivity index (χ4v) is 3.37. The molecule has 0 radical (unpaired) electrons. The van der Waals surface area contributed by atoms with E-state index in [-0.39, 0.29) is 5.69 Å². The molecular formula is C22H17N5O2. The maximum atomic E-state index is 12.1. The number of fused-ring (bicyclic) bond motifs is 1. The highest BCUT2D eigenvalue weighted by Gasteiger charge is 2.13. The molecule has 0 bridgehead atoms. The van der Waals surface area contributed by atoms with Gasteiger partial charge in [-0.25, -0.2) is 4.79 Å². The Kier molecular flexibility index (Phi) is 3.87. The third-order valence-electron chi connectivity index (χ3n) is 4.84. The van der Waals surface area contributed by atoms with Crippen LogP contribution in [-0.2, 0) is 0 Å². The molecule has 1 N–H and O–H groups in total. The van der Waals surface area contributed by atoms with E-state index in [0.717, 1.165) is 39.0 Å². The van der Waals surface area contributed by atoms with Gasteiger partial charge >= 0.3 is 5.69 Å². The van der Waals surface area contributed by atoms with Gasteiger partial charge in [0.25, 0.3) is 5.89 Å². The first kappa shape index (κ1) is 17.1. The molecule has 0 fully saturated rings. The highest BCUT2D eigenvalue weighted by Crippen LogP contribution is 2.25. The lowest BCUT2D eigenvalue weighted by Gasteiger charge is -2.05. The van der Waals surface area contributed by atoms with E-state index in [4.69, 9.17) is 4.52 Å². The average molecular weight is 383 g/mol. The minimum absolute atomic E-state index is 0.189. The van der Waals surface area contributed by atoms with Gasteiger partial charge in [0, 0.05) is 29.0 Å². The third-order valence-corrected chi connectivity index (χ3v) is 4.84. The lowest BCUT2D eigenvalue weighted by molar-refractivity contribution is 0.432. The van der Waals surface area contributed by atoms with Crippen LogP contribution in [0.25, 0.3) is 39.4 Å². The van der Waals surface area contributed by atoms with Gasteiger partial charge in [0.05, 0.1) is 16.8 Å². The minimum Gasteiger partial charge on any atom is -0.334 e. The molecule has 0 saturated carbocycles. The van der Waals surface area contributed by atoms with E-state index >= 15 is 0 Å². The molecule has 0 saturated heterocycles. The van der Waals surface area contributed by atoms with Gasteiger partial charge in [0.1, 0.15) is 0 Å². The van der Waals surface area contributed by atoms with Crippen molar-refractivity contribution in [3.05, 3.63) is 82.7 Å². The molecule has 5 aromatic rings. The average Bonchev–Trinajstić information content (AvgIpc) is 3.35. The van der Waals surface area contributed by atoms with E-state index in [1.807, 2.05) is 62.4 Å². The number of imidazole rings is 1. The largest absolute Gasteiger partial charge is 0.334 e. The summed E-state index contributed by atoms with van der Waals surface area (Å²) in [4.78, 5) is 23.8. The topological polar surface area (TPSA) is 89.6 Å². The molecule has 0 aliphatic rings. The van der Waals surface area contributed by atoms with E-state index in [0.29, 0.717) is 11.7 Å². The Balaban J connectivity index is 1.53. The number of nitrogens with one attached hydrogen (secondary N) is 1. The maximum Gasteiger partial charge on any atom is 0.330 e. The predicted octanol–water partition coefficient (Wildman–Crippen LogP) is 4.05. The first-order valence-electron chi connectivity index (χ1n) is 9.17. The summed E-state index contributed by atoms with van der Waals surface area (Å²) in [6.45, 7) is 3.90. The van der Waals surface area contributed by atoms with Crippen LogP contribution in [-0.4, -0.2) is 24.7 Å². The molecule has 5 rings (SSSR count). The van der Waals surface area contributed by atoms with Crippen LogP contribution in [0.5, 0.6) is 0 Å². The quantitative estimate of drug-likeness (QED) is 0.508. The summed E-state index contributed by atoms with van der Waals surface area (Å²) >= 11 is 0. The van der Waals surface area contributed by atoms with Crippen molar-refractivity contribution in [1.29, 1.82) is 0 Å². The highest BCUT2D eigenvalue weighted by atomic mass is 16.5. The number of hydrogen-bond donors (Lipinski definition) is 1. The van der Waals surface area contributed by atoms with Crippen LogP contribution in [0.1, 0.15) is 11.3 Å². The van der Waals surface area contributed by atoms with Gasteiger partial charge < -0.3 is 9.51 Å². The van der Waals surface area contributed by atoms with Crippen LogP contribution >= 0.6 is 0 Å². The van der Waals surface area contributed by atoms with Crippen molar-refractivity contribution in [3.63, 3.8) is 0 Å². The summed E-state index contributed by atoms with van der Waals surface area (Å²) in [6, 6.07) is 15.6. The van der Waals surface area contributed by atoms with Crippen LogP contribution in [0.2, 0.25) is 0 Å². The van der Waals surface area contributed by atoms with E-state index in [1.165, 1.54) is 0 Å². The minimum atomic E-state index is -0.189. The molecule has 2 aromatic carbocycles. The zero-order valence-corrected chi connectivity index (χ0v) is 15.9. The summed E-state index contributed by atoms with van der Waals surface area (Å²) in [5.41, 5.74) is 4.97. The maximum absolute atomic E-state index is 12.1. The summed E-state index contributed by atoms with van der Waals surface area (Å²) in [5.74, 6) is 0.850. The van der Waals surface area contributed by atoms with Gasteiger partial charge in [0.15, 0.2) is 0 Å². The number of pyridine rings is 1. The smallest absolute Gasteiger partial charge is 0.330 e. The summed E-state index contributed by atoms with van der Waals surface area (Å²) < 4.78 is 7.08. The molecule has 7 heteroatoms. The zero-order chi connectivity index (χ0) is 20.0. The second-order valence-corrected chi connectivity index (χ2v) is 6.96. The monoisotopic (exact) mass is 383 g/mol. The van der Waals surface area contributed by atoms with Crippen molar-refractivity contribution in [2.75, 3.05) is 0 Å². The second kappa shape index (κ2) is 6.56. The Bertz CT molecular complexity index is 1410. The van der Waals surface area contributed by atoms with Crippen molar-refractivity contribution < 1.29 is 4.52 Å². The van der Waals surface area contributed by atoms with Crippen LogP contribution in [0.4, 0.5) is 0 Å². The molecule has 0 spiro atoms. The number of nitrogens with zero attached hydrogens (tertiary/aromatic N) is 4. The number of aromatic amines is 1. The number of aromatic nitrogens is 5. The molecule has 3 aromatic heterocycles. The van der Waals surface area contributed by atoms with Gasteiger partial charge in [-0.2, -0.15) is 4.98 Å². The summed E-state index contributed by atoms with van der Waals surface area (Å²) in [5, 5.41) is 5.13. The number of aryl methyl sites for hydroxylation is 2. The van der Waals surface area contributed by atoms with Crippen molar-refractivity contribution >= 4 is 10.9 Å². The Hall–Kier alpha value is -4.00. The van der Waals surface area contributed by atoms with E-state index in [9.17, 15) is 4.79 Å². The summed E-state index contributed by atoms with van der Waals surface area (Å²) in [6.07, 6.45) is 3.41. The molecule has 29 heavy (non-hydrogen) atoms. The van der Waals surface area contributed by atoms with E-state index < -0.39 is 0 Å². The molecule has 0 amide bonds.